The lowest BCUT2D eigenvalue weighted by Crippen LogP contribution is -2.30. The highest BCUT2D eigenvalue weighted by Gasteiger charge is 2.30. The molecule has 0 radical (unpaired) electrons. The van der Waals surface area contributed by atoms with Crippen LogP contribution in [0.4, 0.5) is 10.1 Å². The molecule has 1 saturated carbocycles. The molecule has 0 saturated heterocycles. The van der Waals surface area contributed by atoms with Gasteiger partial charge in [-0.05, 0) is 98.6 Å². The van der Waals surface area contributed by atoms with Crippen molar-refractivity contribution in [2.24, 2.45) is 23.5 Å². The molecule has 1 unspecified atom stereocenters. The maximum Gasteiger partial charge on any atom is 0.227 e. The molecule has 0 spiro atoms. The summed E-state index contributed by atoms with van der Waals surface area (Å²) < 4.78 is 13.7. The fourth-order valence-corrected chi connectivity index (χ4v) is 4.42. The molecule has 2 aliphatic carbocycles. The Morgan fingerprint density at radius 2 is 1.90 bits per heavy atom. The Morgan fingerprint density at radius 1 is 1.21 bits per heavy atom. The highest BCUT2D eigenvalue weighted by atomic mass is 19.1. The molecule has 1 atom stereocenters. The summed E-state index contributed by atoms with van der Waals surface area (Å²) in [4.78, 5) is 12.7. The largest absolute Gasteiger partial charge is 0.405 e. The third-order valence-corrected chi connectivity index (χ3v) is 6.22. The lowest BCUT2D eigenvalue weighted by Gasteiger charge is -2.33. The van der Waals surface area contributed by atoms with Crippen LogP contribution in [0.25, 0.3) is 0 Å². The number of amides is 1. The number of benzene rings is 1. The smallest absolute Gasteiger partial charge is 0.227 e. The van der Waals surface area contributed by atoms with E-state index in [1.54, 1.807) is 12.3 Å². The van der Waals surface area contributed by atoms with Gasteiger partial charge in [0.2, 0.25) is 5.91 Å². The van der Waals surface area contributed by atoms with Crippen LogP contribution >= 0.6 is 0 Å². The van der Waals surface area contributed by atoms with E-state index >= 15 is 0 Å². The molecule has 2 aliphatic rings. The van der Waals surface area contributed by atoms with E-state index < -0.39 is 0 Å². The third kappa shape index (κ3) is 5.47. The molecule has 3 rings (SSSR count). The van der Waals surface area contributed by atoms with Crippen LogP contribution in [0.1, 0.15) is 44.6 Å². The number of nitrogens with one attached hydrogen (secondary N) is 1. The molecule has 1 fully saturated rings. The SMILES string of the molecule is Cc1ccc(NC(=O)C(C)C2CCC(C(/C=C\N)=C3\C=C(F)C=CC3)CC2)cc1. The summed E-state index contributed by atoms with van der Waals surface area (Å²) in [6.07, 6.45) is 13.2. The van der Waals surface area contributed by atoms with Crippen LogP contribution in [0.15, 0.2) is 71.7 Å². The Bertz CT molecular complexity index is 840. The molecule has 0 aromatic heterocycles. The number of carbonyl (C=O) groups excluding carboxylic acids is 1. The van der Waals surface area contributed by atoms with Crippen LogP contribution in [0.5, 0.6) is 0 Å². The first-order valence-corrected chi connectivity index (χ1v) is 10.5. The normalized spacial score (nSPS) is 24.9. The van der Waals surface area contributed by atoms with Gasteiger partial charge >= 0.3 is 0 Å². The molecule has 4 heteroatoms. The zero-order valence-corrected chi connectivity index (χ0v) is 17.3. The predicted molar refractivity (Wildman–Crippen MR) is 118 cm³/mol. The standard InChI is InChI=1S/C25H31FN2O/c1-17-6-12-23(13-7-17)28-25(29)18(2)19-8-10-20(11-9-19)24(14-15-27)21-4-3-5-22(26)16-21/h3,5-7,12-16,18-20H,4,8-11,27H2,1-2H3,(H,28,29)/b15-14-,24-21-. The van der Waals surface area contributed by atoms with E-state index in [4.69, 9.17) is 5.73 Å². The van der Waals surface area contributed by atoms with Crippen LogP contribution in [0, 0.1) is 24.7 Å². The van der Waals surface area contributed by atoms with E-state index in [-0.39, 0.29) is 17.7 Å². The van der Waals surface area contributed by atoms with E-state index in [1.165, 1.54) is 11.6 Å². The van der Waals surface area contributed by atoms with Crippen molar-refractivity contribution in [3.05, 3.63) is 77.3 Å². The van der Waals surface area contributed by atoms with E-state index in [0.717, 1.165) is 48.9 Å². The van der Waals surface area contributed by atoms with Gasteiger partial charge in [0.1, 0.15) is 5.83 Å². The molecule has 29 heavy (non-hydrogen) atoms. The molecular formula is C25H31FN2O. The number of halogens is 1. The van der Waals surface area contributed by atoms with Gasteiger partial charge in [0.25, 0.3) is 0 Å². The van der Waals surface area contributed by atoms with Crippen LogP contribution in [0.3, 0.4) is 0 Å². The number of anilines is 1. The molecule has 0 aliphatic heterocycles. The van der Waals surface area contributed by atoms with Gasteiger partial charge in [-0.2, -0.15) is 0 Å². The number of nitrogens with two attached hydrogens (primary N) is 1. The minimum atomic E-state index is -0.204. The van der Waals surface area contributed by atoms with E-state index in [2.05, 4.69) is 5.32 Å². The molecule has 1 aromatic carbocycles. The maximum atomic E-state index is 13.7. The van der Waals surface area contributed by atoms with Gasteiger partial charge in [0, 0.05) is 11.6 Å². The Kier molecular flexibility index (Phi) is 7.08. The first-order valence-electron chi connectivity index (χ1n) is 10.5. The zero-order valence-electron chi connectivity index (χ0n) is 17.3. The Balaban J connectivity index is 1.61. The van der Waals surface area contributed by atoms with Gasteiger partial charge in [0.15, 0.2) is 0 Å². The Hall–Kier alpha value is -2.62. The second-order valence-electron chi connectivity index (χ2n) is 8.23. The molecule has 154 valence electrons. The van der Waals surface area contributed by atoms with Gasteiger partial charge in [-0.3, -0.25) is 4.79 Å². The van der Waals surface area contributed by atoms with Crippen molar-refractivity contribution in [3.63, 3.8) is 0 Å². The van der Waals surface area contributed by atoms with Gasteiger partial charge in [-0.25, -0.2) is 4.39 Å². The van der Waals surface area contributed by atoms with Crippen molar-refractivity contribution in [1.82, 2.24) is 0 Å². The second-order valence-corrected chi connectivity index (χ2v) is 8.23. The topological polar surface area (TPSA) is 55.1 Å². The predicted octanol–water partition coefficient (Wildman–Crippen LogP) is 5.96. The summed E-state index contributed by atoms with van der Waals surface area (Å²) in [5.41, 5.74) is 9.85. The summed E-state index contributed by atoms with van der Waals surface area (Å²) in [6.45, 7) is 4.06. The summed E-state index contributed by atoms with van der Waals surface area (Å²) in [5.74, 6) is 0.574. The first-order chi connectivity index (χ1) is 14.0. The van der Waals surface area contributed by atoms with E-state index in [0.29, 0.717) is 11.8 Å². The fraction of sp³-hybridized carbons (Fsp3) is 0.400. The van der Waals surface area contributed by atoms with Gasteiger partial charge in [0.05, 0.1) is 0 Å². The molecule has 0 bridgehead atoms. The average molecular weight is 395 g/mol. The van der Waals surface area contributed by atoms with Crippen LogP contribution in [-0.4, -0.2) is 5.91 Å². The highest BCUT2D eigenvalue weighted by molar-refractivity contribution is 5.92. The number of rotatable bonds is 5. The van der Waals surface area contributed by atoms with Crippen LogP contribution in [0.2, 0.25) is 0 Å². The molecule has 1 amide bonds. The number of carbonyl (C=O) groups is 1. The molecule has 3 nitrogen and oxygen atoms in total. The molecule has 1 aromatic rings. The highest BCUT2D eigenvalue weighted by Crippen LogP contribution is 2.39. The number of aryl methyl sites for hydroxylation is 1. The van der Waals surface area contributed by atoms with Crippen molar-refractivity contribution in [3.8, 4) is 0 Å². The van der Waals surface area contributed by atoms with Crippen molar-refractivity contribution in [1.29, 1.82) is 0 Å². The third-order valence-electron chi connectivity index (χ3n) is 6.22. The number of hydrogen-bond donors (Lipinski definition) is 2. The maximum absolute atomic E-state index is 13.7. The first kappa shape index (κ1) is 21.1. The van der Waals surface area contributed by atoms with E-state index in [1.807, 2.05) is 50.3 Å². The van der Waals surface area contributed by atoms with Gasteiger partial charge < -0.3 is 11.1 Å². The van der Waals surface area contributed by atoms with Crippen LogP contribution in [-0.2, 0) is 4.79 Å². The lowest BCUT2D eigenvalue weighted by atomic mass is 9.72. The van der Waals surface area contributed by atoms with Crippen molar-refractivity contribution < 1.29 is 9.18 Å². The van der Waals surface area contributed by atoms with Crippen LogP contribution < -0.4 is 11.1 Å². The Morgan fingerprint density at radius 3 is 2.52 bits per heavy atom. The molecular weight excluding hydrogens is 363 g/mol. The summed E-state index contributed by atoms with van der Waals surface area (Å²) >= 11 is 0. The number of allylic oxidation sites excluding steroid dienone is 7. The van der Waals surface area contributed by atoms with Crippen molar-refractivity contribution in [2.75, 3.05) is 5.32 Å². The zero-order chi connectivity index (χ0) is 20.8. The summed E-state index contributed by atoms with van der Waals surface area (Å²) in [5, 5.41) is 3.04. The van der Waals surface area contributed by atoms with E-state index in [9.17, 15) is 9.18 Å². The average Bonchev–Trinajstić information content (AvgIpc) is 2.73. The minimum Gasteiger partial charge on any atom is -0.405 e. The Labute approximate surface area is 173 Å². The minimum absolute atomic E-state index is 0.0339. The van der Waals surface area contributed by atoms with Gasteiger partial charge in [-0.15, -0.1) is 0 Å². The quantitative estimate of drug-likeness (QED) is 0.647. The van der Waals surface area contributed by atoms with Crippen molar-refractivity contribution >= 4 is 11.6 Å². The number of hydrogen-bond acceptors (Lipinski definition) is 2. The molecule has 0 heterocycles. The lowest BCUT2D eigenvalue weighted by molar-refractivity contribution is -0.121. The summed E-state index contributed by atoms with van der Waals surface area (Å²) in [7, 11) is 0. The van der Waals surface area contributed by atoms with Gasteiger partial charge in [-0.1, -0.05) is 30.7 Å². The van der Waals surface area contributed by atoms with Crippen molar-refractivity contribution in [2.45, 2.75) is 46.0 Å². The second kappa shape index (κ2) is 9.73. The monoisotopic (exact) mass is 394 g/mol. The molecule has 3 N–H and O–H groups in total. The summed E-state index contributed by atoms with van der Waals surface area (Å²) in [6, 6.07) is 7.89. The fourth-order valence-electron chi connectivity index (χ4n) is 4.42.